The van der Waals surface area contributed by atoms with Crippen LogP contribution in [0.3, 0.4) is 0 Å². The van der Waals surface area contributed by atoms with Crippen LogP contribution >= 0.6 is 11.1 Å². The summed E-state index contributed by atoms with van der Waals surface area (Å²) in [4.78, 5) is 0. The molecule has 90 valence electrons. The van der Waals surface area contributed by atoms with Gasteiger partial charge in [0.2, 0.25) is 0 Å². The lowest BCUT2D eigenvalue weighted by Crippen LogP contribution is -2.45. The molecular weight excluding hydrogens is 248 g/mol. The maximum atomic E-state index is 5.71. The fourth-order valence-corrected chi connectivity index (χ4v) is 5.05. The molecule has 0 heterocycles. The monoisotopic (exact) mass is 268 g/mol. The van der Waals surface area contributed by atoms with Gasteiger partial charge in [0.15, 0.2) is 8.83 Å². The van der Waals surface area contributed by atoms with Crippen LogP contribution in [0, 0.1) is 0 Å². The van der Waals surface area contributed by atoms with Crippen molar-refractivity contribution in [3.63, 3.8) is 0 Å². The molecule has 15 heavy (non-hydrogen) atoms. The van der Waals surface area contributed by atoms with E-state index < -0.39 is 8.80 Å². The van der Waals surface area contributed by atoms with Gasteiger partial charge in [0.1, 0.15) is 0 Å². The van der Waals surface area contributed by atoms with Crippen LogP contribution in [0.25, 0.3) is 0 Å². The molecule has 0 aromatic rings. The van der Waals surface area contributed by atoms with Gasteiger partial charge in [-0.25, -0.2) is 0 Å². The van der Waals surface area contributed by atoms with Crippen LogP contribution in [0.2, 0.25) is 12.1 Å². The van der Waals surface area contributed by atoms with Gasteiger partial charge in [0, 0.05) is 25.9 Å². The summed E-state index contributed by atoms with van der Waals surface area (Å²) in [5, 5.41) is 0. The van der Waals surface area contributed by atoms with E-state index >= 15 is 0 Å². The van der Waals surface area contributed by atoms with Gasteiger partial charge >= 0.3 is 8.80 Å². The Morgan fingerprint density at radius 1 is 1.00 bits per heavy atom. The Kier molecular flexibility index (Phi) is 10.2. The van der Waals surface area contributed by atoms with E-state index in [0.717, 1.165) is 18.5 Å². The molecule has 0 aromatic carbocycles. The molecule has 0 atom stereocenters. The Balaban J connectivity index is 4.18. The molecular formula is C9H21ClO3Si2. The van der Waals surface area contributed by atoms with Gasteiger partial charge in [-0.1, -0.05) is 6.42 Å². The maximum Gasteiger partial charge on any atom is 0.500 e. The van der Waals surface area contributed by atoms with Crippen LogP contribution in [0.15, 0.2) is 0 Å². The first-order valence-corrected chi connectivity index (χ1v) is 9.65. The highest BCUT2D eigenvalue weighted by molar-refractivity contribution is 6.93. The second-order valence-corrected chi connectivity index (χ2v) is 7.27. The Hall–Kier alpha value is 0.604. The highest BCUT2D eigenvalue weighted by atomic mass is 35.6. The minimum Gasteiger partial charge on any atom is -0.374 e. The van der Waals surface area contributed by atoms with Gasteiger partial charge in [0.25, 0.3) is 0 Å². The summed E-state index contributed by atoms with van der Waals surface area (Å²) in [6.07, 6.45) is 1.02. The highest BCUT2D eigenvalue weighted by Gasteiger charge is 2.39. The van der Waals surface area contributed by atoms with E-state index in [-0.39, 0.29) is 0 Å². The second kappa shape index (κ2) is 9.80. The largest absolute Gasteiger partial charge is 0.500 e. The summed E-state index contributed by atoms with van der Waals surface area (Å²) in [7, 11) is -1.91. The highest BCUT2D eigenvalue weighted by Crippen LogP contribution is 2.19. The fourth-order valence-electron chi connectivity index (χ4n) is 1.37. The average Bonchev–Trinajstić information content (AvgIpc) is 2.19. The van der Waals surface area contributed by atoms with E-state index in [1.54, 1.807) is 0 Å². The third-order valence-corrected chi connectivity index (χ3v) is 6.11. The maximum absolute atomic E-state index is 5.71. The van der Waals surface area contributed by atoms with Crippen LogP contribution in [0.1, 0.15) is 27.2 Å². The van der Waals surface area contributed by atoms with Gasteiger partial charge in [-0.15, -0.1) is 0 Å². The molecule has 3 nitrogen and oxygen atoms in total. The third kappa shape index (κ3) is 6.70. The first-order valence-electron chi connectivity index (χ1n) is 5.50. The van der Waals surface area contributed by atoms with E-state index in [2.05, 4.69) is 0 Å². The molecule has 0 amide bonds. The van der Waals surface area contributed by atoms with Gasteiger partial charge in [0.05, 0.1) is 0 Å². The molecule has 0 aliphatic carbocycles. The van der Waals surface area contributed by atoms with Crippen molar-refractivity contribution in [1.82, 2.24) is 0 Å². The van der Waals surface area contributed by atoms with Crippen LogP contribution in [-0.4, -0.2) is 37.5 Å². The number of rotatable bonds is 10. The first kappa shape index (κ1) is 15.6. The first-order chi connectivity index (χ1) is 7.24. The van der Waals surface area contributed by atoms with Crippen LogP contribution in [0.4, 0.5) is 0 Å². The molecule has 0 saturated carbocycles. The van der Waals surface area contributed by atoms with E-state index in [0.29, 0.717) is 28.7 Å². The zero-order valence-electron chi connectivity index (χ0n) is 9.85. The minimum atomic E-state index is -2.39. The van der Waals surface area contributed by atoms with Crippen molar-refractivity contribution in [3.8, 4) is 0 Å². The molecule has 0 aliphatic rings. The zero-order chi connectivity index (χ0) is 11.6. The summed E-state index contributed by atoms with van der Waals surface area (Å²) in [5.74, 6) is 0. The van der Waals surface area contributed by atoms with E-state index in [1.165, 1.54) is 0 Å². The molecule has 2 radical (unpaired) electrons. The Morgan fingerprint density at radius 3 is 1.80 bits per heavy atom. The van der Waals surface area contributed by atoms with Crippen molar-refractivity contribution in [2.75, 3.05) is 19.8 Å². The number of halogens is 1. The van der Waals surface area contributed by atoms with Crippen molar-refractivity contribution in [1.29, 1.82) is 0 Å². The lowest BCUT2D eigenvalue weighted by atomic mass is 10.6. The summed E-state index contributed by atoms with van der Waals surface area (Å²) < 4.78 is 17.1. The lowest BCUT2D eigenvalue weighted by molar-refractivity contribution is 0.0712. The van der Waals surface area contributed by atoms with Crippen molar-refractivity contribution >= 4 is 28.7 Å². The van der Waals surface area contributed by atoms with Gasteiger partial charge in [-0.05, 0) is 26.8 Å². The smallest absolute Gasteiger partial charge is 0.374 e. The summed E-state index contributed by atoms with van der Waals surface area (Å²) in [6.45, 7) is 7.87. The molecule has 0 rings (SSSR count). The number of hydrogen-bond donors (Lipinski definition) is 0. The topological polar surface area (TPSA) is 27.7 Å². The average molecular weight is 269 g/mol. The lowest BCUT2D eigenvalue weighted by Gasteiger charge is -2.28. The van der Waals surface area contributed by atoms with Gasteiger partial charge in [-0.2, -0.15) is 11.1 Å². The molecule has 0 saturated heterocycles. The molecule has 0 unspecified atom stereocenters. The molecule has 0 N–H and O–H groups in total. The second-order valence-electron chi connectivity index (χ2n) is 2.97. The zero-order valence-corrected chi connectivity index (χ0v) is 12.6. The predicted molar refractivity (Wildman–Crippen MR) is 66.5 cm³/mol. The van der Waals surface area contributed by atoms with Gasteiger partial charge < -0.3 is 13.3 Å². The molecule has 0 aliphatic heterocycles. The van der Waals surface area contributed by atoms with Crippen molar-refractivity contribution in [3.05, 3.63) is 0 Å². The third-order valence-electron chi connectivity index (χ3n) is 1.85. The number of hydrogen-bond acceptors (Lipinski definition) is 3. The molecule has 6 heteroatoms. The molecule has 0 fully saturated rings. The fraction of sp³-hybridized carbons (Fsp3) is 1.00. The van der Waals surface area contributed by atoms with E-state index in [4.69, 9.17) is 24.4 Å². The molecule has 0 aromatic heterocycles. The van der Waals surface area contributed by atoms with Crippen LogP contribution in [-0.2, 0) is 13.3 Å². The predicted octanol–water partition coefficient (Wildman–Crippen LogP) is 2.70. The summed E-state index contributed by atoms with van der Waals surface area (Å²) in [5.41, 5.74) is 0. The SMILES string of the molecule is CCO[Si](CCC[Si]Cl)(OCC)OCC. The van der Waals surface area contributed by atoms with Crippen LogP contribution in [0.5, 0.6) is 0 Å². The van der Waals surface area contributed by atoms with Crippen LogP contribution < -0.4 is 0 Å². The molecule has 0 bridgehead atoms. The minimum absolute atomic E-state index is 0.478. The van der Waals surface area contributed by atoms with Crippen molar-refractivity contribution in [2.24, 2.45) is 0 Å². The van der Waals surface area contributed by atoms with Crippen molar-refractivity contribution in [2.45, 2.75) is 39.3 Å². The van der Waals surface area contributed by atoms with Gasteiger partial charge in [-0.3, -0.25) is 0 Å². The summed E-state index contributed by atoms with van der Waals surface area (Å²) >= 11 is 5.68. The Morgan fingerprint density at radius 2 is 1.47 bits per heavy atom. The molecule has 0 spiro atoms. The van der Waals surface area contributed by atoms with E-state index in [1.807, 2.05) is 20.8 Å². The normalized spacial score (nSPS) is 12.0. The Bertz CT molecular complexity index is 132. The quantitative estimate of drug-likeness (QED) is 0.346. The standard InChI is InChI=1S/C9H21ClO3Si2/c1-4-11-15(12-5-2,13-6-3)9-7-8-14-10/h4-9H2,1-3H3. The van der Waals surface area contributed by atoms with E-state index in [9.17, 15) is 0 Å². The van der Waals surface area contributed by atoms with Crippen molar-refractivity contribution < 1.29 is 13.3 Å². The summed E-state index contributed by atoms with van der Waals surface area (Å²) in [6, 6.07) is 1.89. The Labute approximate surface area is 101 Å².